The molecule has 0 radical (unpaired) electrons. The van der Waals surface area contributed by atoms with Gasteiger partial charge < -0.3 is 14.8 Å². The van der Waals surface area contributed by atoms with E-state index >= 15 is 0 Å². The SMILES string of the molecule is CCOc1ccc(C(=O)Nc2cc(Cl)ccc2C)cc1COc1cccc(Cl)c1. The van der Waals surface area contributed by atoms with Crippen LogP contribution in [0.4, 0.5) is 5.69 Å². The Kier molecular flexibility index (Phi) is 7.02. The standard InChI is InChI=1S/C23H21Cl2NO3/c1-3-28-22-10-8-16(23(27)26-21-13-19(25)9-7-15(21)2)11-17(22)14-29-20-6-4-5-18(24)12-20/h4-13H,3,14H2,1-2H3,(H,26,27). The highest BCUT2D eigenvalue weighted by atomic mass is 35.5. The first-order chi connectivity index (χ1) is 14.0. The number of aryl methyl sites for hydroxylation is 1. The van der Waals surface area contributed by atoms with Crippen molar-refractivity contribution in [2.45, 2.75) is 20.5 Å². The molecule has 1 N–H and O–H groups in total. The van der Waals surface area contributed by atoms with Crippen LogP contribution in [-0.2, 0) is 6.61 Å². The molecule has 150 valence electrons. The largest absolute Gasteiger partial charge is 0.493 e. The average molecular weight is 430 g/mol. The molecular formula is C23H21Cl2NO3. The summed E-state index contributed by atoms with van der Waals surface area (Å²) in [5.41, 5.74) is 2.87. The lowest BCUT2D eigenvalue weighted by atomic mass is 10.1. The molecule has 3 rings (SSSR count). The molecule has 0 aromatic heterocycles. The number of benzene rings is 3. The van der Waals surface area contributed by atoms with Gasteiger partial charge in [0.2, 0.25) is 0 Å². The van der Waals surface area contributed by atoms with Crippen molar-refractivity contribution >= 4 is 34.8 Å². The molecule has 29 heavy (non-hydrogen) atoms. The quantitative estimate of drug-likeness (QED) is 0.464. The molecule has 0 spiro atoms. The number of anilines is 1. The number of ether oxygens (including phenoxy) is 2. The lowest BCUT2D eigenvalue weighted by molar-refractivity contribution is 0.102. The van der Waals surface area contributed by atoms with Crippen molar-refractivity contribution in [1.82, 2.24) is 0 Å². The third-order valence-electron chi connectivity index (χ3n) is 4.26. The Hall–Kier alpha value is -2.69. The zero-order chi connectivity index (χ0) is 20.8. The number of hydrogen-bond acceptors (Lipinski definition) is 3. The van der Waals surface area contributed by atoms with Crippen molar-refractivity contribution in [1.29, 1.82) is 0 Å². The first-order valence-corrected chi connectivity index (χ1v) is 9.93. The van der Waals surface area contributed by atoms with Crippen molar-refractivity contribution in [3.8, 4) is 11.5 Å². The summed E-state index contributed by atoms with van der Waals surface area (Å²) in [6.45, 7) is 4.57. The lowest BCUT2D eigenvalue weighted by Gasteiger charge is -2.14. The summed E-state index contributed by atoms with van der Waals surface area (Å²) in [6.07, 6.45) is 0. The number of carbonyl (C=O) groups excluding carboxylic acids is 1. The summed E-state index contributed by atoms with van der Waals surface area (Å²) in [6, 6.07) is 17.8. The van der Waals surface area contributed by atoms with Crippen LogP contribution in [0, 0.1) is 6.92 Å². The number of rotatable bonds is 7. The van der Waals surface area contributed by atoms with Gasteiger partial charge in [0.05, 0.1) is 6.61 Å². The minimum absolute atomic E-state index is 0.234. The number of hydrogen-bond donors (Lipinski definition) is 1. The van der Waals surface area contributed by atoms with E-state index in [-0.39, 0.29) is 12.5 Å². The Morgan fingerprint density at radius 3 is 2.52 bits per heavy atom. The molecule has 4 nitrogen and oxygen atoms in total. The average Bonchev–Trinajstić information content (AvgIpc) is 2.70. The lowest BCUT2D eigenvalue weighted by Crippen LogP contribution is -2.14. The Bertz CT molecular complexity index is 1020. The molecule has 0 aliphatic rings. The Balaban J connectivity index is 1.81. The fraction of sp³-hybridized carbons (Fsp3) is 0.174. The maximum Gasteiger partial charge on any atom is 0.255 e. The predicted molar refractivity (Wildman–Crippen MR) is 118 cm³/mol. The predicted octanol–water partition coefficient (Wildman–Crippen LogP) is 6.53. The van der Waals surface area contributed by atoms with E-state index in [2.05, 4.69) is 5.32 Å². The van der Waals surface area contributed by atoms with Gasteiger partial charge >= 0.3 is 0 Å². The molecule has 0 heterocycles. The monoisotopic (exact) mass is 429 g/mol. The fourth-order valence-corrected chi connectivity index (χ4v) is 3.12. The van der Waals surface area contributed by atoms with Crippen molar-refractivity contribution in [3.63, 3.8) is 0 Å². The number of amides is 1. The molecule has 0 saturated heterocycles. The number of carbonyl (C=O) groups is 1. The molecular weight excluding hydrogens is 409 g/mol. The van der Waals surface area contributed by atoms with Crippen LogP contribution in [0.25, 0.3) is 0 Å². The van der Waals surface area contributed by atoms with Crippen molar-refractivity contribution in [2.75, 3.05) is 11.9 Å². The van der Waals surface area contributed by atoms with Crippen LogP contribution in [0.2, 0.25) is 10.0 Å². The van der Waals surface area contributed by atoms with Gasteiger partial charge in [-0.2, -0.15) is 0 Å². The van der Waals surface area contributed by atoms with Gasteiger partial charge in [0.1, 0.15) is 18.1 Å². The second-order valence-electron chi connectivity index (χ2n) is 6.41. The fourth-order valence-electron chi connectivity index (χ4n) is 2.77. The zero-order valence-electron chi connectivity index (χ0n) is 16.2. The van der Waals surface area contributed by atoms with E-state index in [1.165, 1.54) is 0 Å². The molecule has 1 amide bonds. The molecule has 3 aromatic carbocycles. The van der Waals surface area contributed by atoms with Gasteiger partial charge in [-0.3, -0.25) is 4.79 Å². The maximum atomic E-state index is 12.8. The van der Waals surface area contributed by atoms with Crippen LogP contribution in [0.3, 0.4) is 0 Å². The molecule has 6 heteroatoms. The van der Waals surface area contributed by atoms with Crippen LogP contribution < -0.4 is 14.8 Å². The molecule has 0 fully saturated rings. The van der Waals surface area contributed by atoms with Crippen LogP contribution in [0.5, 0.6) is 11.5 Å². The summed E-state index contributed by atoms with van der Waals surface area (Å²) >= 11 is 12.1. The highest BCUT2D eigenvalue weighted by Gasteiger charge is 2.13. The van der Waals surface area contributed by atoms with Gasteiger partial charge in [-0.25, -0.2) is 0 Å². The second kappa shape index (κ2) is 9.68. The normalized spacial score (nSPS) is 10.5. The smallest absolute Gasteiger partial charge is 0.255 e. The highest BCUT2D eigenvalue weighted by molar-refractivity contribution is 6.31. The Labute approximate surface area is 180 Å². The van der Waals surface area contributed by atoms with Gasteiger partial charge in [0, 0.05) is 26.9 Å². The van der Waals surface area contributed by atoms with Gasteiger partial charge in [0.15, 0.2) is 0 Å². The third kappa shape index (κ3) is 5.66. The van der Waals surface area contributed by atoms with E-state index in [9.17, 15) is 4.79 Å². The van der Waals surface area contributed by atoms with Gasteiger partial charge in [-0.1, -0.05) is 35.3 Å². The summed E-state index contributed by atoms with van der Waals surface area (Å²) < 4.78 is 11.5. The summed E-state index contributed by atoms with van der Waals surface area (Å²) in [4.78, 5) is 12.8. The van der Waals surface area contributed by atoms with Crippen LogP contribution in [0.15, 0.2) is 60.7 Å². The topological polar surface area (TPSA) is 47.6 Å². The molecule has 0 bridgehead atoms. The highest BCUT2D eigenvalue weighted by Crippen LogP contribution is 2.25. The summed E-state index contributed by atoms with van der Waals surface area (Å²) in [5.74, 6) is 1.08. The molecule has 0 aliphatic carbocycles. The van der Waals surface area contributed by atoms with Gasteiger partial charge in [0.25, 0.3) is 5.91 Å². The first-order valence-electron chi connectivity index (χ1n) is 9.18. The van der Waals surface area contributed by atoms with Crippen LogP contribution in [-0.4, -0.2) is 12.5 Å². The summed E-state index contributed by atoms with van der Waals surface area (Å²) in [7, 11) is 0. The van der Waals surface area contributed by atoms with Gasteiger partial charge in [-0.05, 0) is 67.9 Å². The molecule has 0 saturated carbocycles. The minimum atomic E-state index is -0.234. The minimum Gasteiger partial charge on any atom is -0.493 e. The Morgan fingerprint density at radius 2 is 1.76 bits per heavy atom. The maximum absolute atomic E-state index is 12.8. The van der Waals surface area contributed by atoms with E-state index < -0.39 is 0 Å². The summed E-state index contributed by atoms with van der Waals surface area (Å²) in [5, 5.41) is 4.06. The van der Waals surface area contributed by atoms with E-state index in [1.54, 1.807) is 42.5 Å². The molecule has 0 atom stereocenters. The number of nitrogens with one attached hydrogen (secondary N) is 1. The number of halogens is 2. The van der Waals surface area contributed by atoms with E-state index in [0.29, 0.717) is 39.4 Å². The van der Waals surface area contributed by atoms with Crippen molar-refractivity contribution < 1.29 is 14.3 Å². The third-order valence-corrected chi connectivity index (χ3v) is 4.73. The second-order valence-corrected chi connectivity index (χ2v) is 7.29. The van der Waals surface area contributed by atoms with Crippen LogP contribution in [0.1, 0.15) is 28.4 Å². The van der Waals surface area contributed by atoms with E-state index in [4.69, 9.17) is 32.7 Å². The van der Waals surface area contributed by atoms with E-state index in [0.717, 1.165) is 11.1 Å². The van der Waals surface area contributed by atoms with Crippen molar-refractivity contribution in [2.24, 2.45) is 0 Å². The first kappa shape index (κ1) is 21.0. The molecule has 3 aromatic rings. The van der Waals surface area contributed by atoms with E-state index in [1.807, 2.05) is 32.0 Å². The molecule has 0 unspecified atom stereocenters. The Morgan fingerprint density at radius 1 is 0.966 bits per heavy atom. The van der Waals surface area contributed by atoms with Gasteiger partial charge in [-0.15, -0.1) is 0 Å². The zero-order valence-corrected chi connectivity index (χ0v) is 17.7. The molecule has 0 aliphatic heterocycles. The van der Waals surface area contributed by atoms with Crippen molar-refractivity contribution in [3.05, 3.63) is 87.4 Å². The van der Waals surface area contributed by atoms with Crippen LogP contribution >= 0.6 is 23.2 Å².